The van der Waals surface area contributed by atoms with Crippen molar-refractivity contribution in [3.63, 3.8) is 0 Å². The van der Waals surface area contributed by atoms with E-state index in [2.05, 4.69) is 5.16 Å². The largest absolute Gasteiger partial charge is 0.464 e. The lowest BCUT2D eigenvalue weighted by atomic mass is 10.0. The van der Waals surface area contributed by atoms with E-state index in [9.17, 15) is 0 Å². The maximum atomic E-state index is 9.16. The third kappa shape index (κ3) is 1.29. The average Bonchev–Trinajstić information content (AvgIpc) is 2.84. The third-order valence-electron chi connectivity index (χ3n) is 3.32. The summed E-state index contributed by atoms with van der Waals surface area (Å²) in [6, 6.07) is 3.64. The van der Waals surface area contributed by atoms with Crippen LogP contribution in [0.3, 0.4) is 0 Å². The van der Waals surface area contributed by atoms with Gasteiger partial charge in [-0.3, -0.25) is 0 Å². The highest BCUT2D eigenvalue weighted by Crippen LogP contribution is 2.31. The van der Waals surface area contributed by atoms with Crippen LogP contribution in [-0.4, -0.2) is 5.21 Å². The smallest absolute Gasteiger partial charge is 0.143 e. The lowest BCUT2D eigenvalue weighted by Crippen LogP contribution is -2.06. The topological polar surface area (TPSA) is 58.9 Å². The fourth-order valence-electron chi connectivity index (χ4n) is 2.46. The zero-order chi connectivity index (χ0) is 12.9. The Morgan fingerprint density at radius 1 is 1.11 bits per heavy atom. The van der Waals surface area contributed by atoms with Gasteiger partial charge in [0, 0.05) is 17.0 Å². The predicted octanol–water partition coefficient (Wildman–Crippen LogP) is 3.39. The molecule has 0 fully saturated rings. The van der Waals surface area contributed by atoms with Crippen LogP contribution >= 0.6 is 0 Å². The van der Waals surface area contributed by atoms with Crippen LogP contribution in [0.5, 0.6) is 0 Å². The second-order valence-electron chi connectivity index (χ2n) is 4.46. The zero-order valence-corrected chi connectivity index (χ0v) is 10.4. The molecule has 0 unspecified atom stereocenters. The number of nitrogens with zero attached hydrogens (tertiary/aromatic N) is 1. The molecule has 0 radical (unpaired) electrons. The molecule has 92 valence electrons. The van der Waals surface area contributed by atoms with Gasteiger partial charge in [0.1, 0.15) is 22.3 Å². The molecule has 0 atom stereocenters. The molecule has 0 amide bonds. The molecule has 0 aliphatic carbocycles. The van der Waals surface area contributed by atoms with Gasteiger partial charge in [-0.05, 0) is 32.4 Å². The van der Waals surface area contributed by atoms with Gasteiger partial charge in [0.05, 0.1) is 11.6 Å². The van der Waals surface area contributed by atoms with E-state index in [1.54, 1.807) is 12.3 Å². The molecule has 3 aromatic rings. The van der Waals surface area contributed by atoms with Crippen LogP contribution < -0.4 is 5.36 Å². The van der Waals surface area contributed by atoms with Gasteiger partial charge in [-0.15, -0.1) is 0 Å². The molecule has 0 saturated heterocycles. The quantitative estimate of drug-likeness (QED) is 0.486. The van der Waals surface area contributed by atoms with Crippen molar-refractivity contribution < 1.29 is 14.0 Å². The zero-order valence-electron chi connectivity index (χ0n) is 10.4. The summed E-state index contributed by atoms with van der Waals surface area (Å²) >= 11 is 0. The van der Waals surface area contributed by atoms with Crippen LogP contribution in [0.1, 0.15) is 16.9 Å². The number of furan rings is 1. The van der Waals surface area contributed by atoms with Crippen LogP contribution in [0.15, 0.2) is 32.4 Å². The summed E-state index contributed by atoms with van der Waals surface area (Å²) in [5, 5.41) is 14.9. The minimum absolute atomic E-state index is 0.525. The average molecular weight is 243 g/mol. The van der Waals surface area contributed by atoms with E-state index >= 15 is 0 Å². The Labute approximate surface area is 103 Å². The van der Waals surface area contributed by atoms with Gasteiger partial charge >= 0.3 is 0 Å². The number of aryl methyl sites for hydroxylation is 3. The molecule has 0 spiro atoms. The molecular weight excluding hydrogens is 230 g/mol. The van der Waals surface area contributed by atoms with Crippen molar-refractivity contribution in [2.45, 2.75) is 20.8 Å². The van der Waals surface area contributed by atoms with Crippen molar-refractivity contribution in [1.82, 2.24) is 0 Å². The van der Waals surface area contributed by atoms with Gasteiger partial charge in [0.25, 0.3) is 0 Å². The Hall–Kier alpha value is -2.23. The van der Waals surface area contributed by atoms with Crippen LogP contribution in [0.2, 0.25) is 0 Å². The SMILES string of the molecule is Cc1c/c(=N\O)c2c(C)c3ccoc3c(C)c2o1. The molecule has 4 heteroatoms. The molecule has 0 aliphatic heterocycles. The first-order valence-electron chi connectivity index (χ1n) is 5.72. The Morgan fingerprint density at radius 2 is 1.89 bits per heavy atom. The van der Waals surface area contributed by atoms with Gasteiger partial charge in [0.2, 0.25) is 0 Å². The van der Waals surface area contributed by atoms with Crippen LogP contribution in [0.25, 0.3) is 21.9 Å². The van der Waals surface area contributed by atoms with Crippen LogP contribution in [-0.2, 0) is 0 Å². The lowest BCUT2D eigenvalue weighted by molar-refractivity contribution is 0.302. The van der Waals surface area contributed by atoms with Gasteiger partial charge in [-0.25, -0.2) is 0 Å². The highest BCUT2D eigenvalue weighted by atomic mass is 16.4. The molecule has 2 heterocycles. The Morgan fingerprint density at radius 3 is 2.61 bits per heavy atom. The van der Waals surface area contributed by atoms with Gasteiger partial charge in [-0.1, -0.05) is 5.16 Å². The van der Waals surface area contributed by atoms with Gasteiger partial charge in [-0.2, -0.15) is 0 Å². The standard InChI is InChI=1S/C14H13NO3/c1-7-6-11(15-16)12-8(2)10-4-5-17-13(10)9(3)14(12)18-7/h4-6,16H,1-3H3/b15-11+. The molecular formula is C14H13NO3. The molecule has 4 nitrogen and oxygen atoms in total. The lowest BCUT2D eigenvalue weighted by Gasteiger charge is -2.07. The maximum absolute atomic E-state index is 9.16. The second kappa shape index (κ2) is 3.63. The molecule has 0 bridgehead atoms. The summed E-state index contributed by atoms with van der Waals surface area (Å²) in [5.74, 6) is 0.698. The monoisotopic (exact) mass is 243 g/mol. The van der Waals surface area contributed by atoms with Gasteiger partial charge in [0.15, 0.2) is 0 Å². The Kier molecular flexibility index (Phi) is 2.20. The van der Waals surface area contributed by atoms with Crippen molar-refractivity contribution in [2.75, 3.05) is 0 Å². The molecule has 18 heavy (non-hydrogen) atoms. The first kappa shape index (κ1) is 10.9. The van der Waals surface area contributed by atoms with Crippen molar-refractivity contribution in [3.05, 3.63) is 40.6 Å². The number of hydrogen-bond acceptors (Lipinski definition) is 4. The molecule has 1 aromatic carbocycles. The number of fused-ring (bicyclic) bond motifs is 2. The van der Waals surface area contributed by atoms with E-state index in [0.29, 0.717) is 16.7 Å². The van der Waals surface area contributed by atoms with E-state index in [1.165, 1.54) is 0 Å². The predicted molar refractivity (Wildman–Crippen MR) is 67.5 cm³/mol. The first-order valence-corrected chi connectivity index (χ1v) is 5.72. The van der Waals surface area contributed by atoms with Crippen molar-refractivity contribution in [2.24, 2.45) is 5.16 Å². The van der Waals surface area contributed by atoms with Crippen molar-refractivity contribution >= 4 is 21.9 Å². The molecule has 0 saturated carbocycles. The molecule has 1 N–H and O–H groups in total. The summed E-state index contributed by atoms with van der Waals surface area (Å²) in [4.78, 5) is 0. The molecule has 0 aliphatic rings. The van der Waals surface area contributed by atoms with Crippen LogP contribution in [0.4, 0.5) is 0 Å². The number of rotatable bonds is 0. The highest BCUT2D eigenvalue weighted by molar-refractivity contribution is 6.00. The Bertz CT molecular complexity index is 824. The fraction of sp³-hybridized carbons (Fsp3) is 0.214. The van der Waals surface area contributed by atoms with E-state index in [-0.39, 0.29) is 0 Å². The summed E-state index contributed by atoms with van der Waals surface area (Å²) in [6.45, 7) is 5.74. The Balaban J connectivity index is 2.73. The maximum Gasteiger partial charge on any atom is 0.143 e. The second-order valence-corrected chi connectivity index (χ2v) is 4.46. The minimum Gasteiger partial charge on any atom is -0.464 e. The minimum atomic E-state index is 0.525. The van der Waals surface area contributed by atoms with Crippen LogP contribution in [0, 0.1) is 20.8 Å². The normalized spacial score (nSPS) is 12.7. The van der Waals surface area contributed by atoms with E-state index in [1.807, 2.05) is 26.8 Å². The third-order valence-corrected chi connectivity index (χ3v) is 3.32. The molecule has 2 aromatic heterocycles. The van der Waals surface area contributed by atoms with Crippen molar-refractivity contribution in [1.29, 1.82) is 0 Å². The highest BCUT2D eigenvalue weighted by Gasteiger charge is 2.15. The summed E-state index contributed by atoms with van der Waals surface area (Å²) < 4.78 is 11.3. The number of benzene rings is 1. The van der Waals surface area contributed by atoms with Gasteiger partial charge < -0.3 is 14.0 Å². The molecule has 3 rings (SSSR count). The number of hydrogen-bond donors (Lipinski definition) is 1. The summed E-state index contributed by atoms with van der Waals surface area (Å²) in [5.41, 5.74) is 3.45. The van der Waals surface area contributed by atoms with E-state index in [4.69, 9.17) is 14.0 Å². The fourth-order valence-corrected chi connectivity index (χ4v) is 2.46. The van der Waals surface area contributed by atoms with E-state index < -0.39 is 0 Å². The summed E-state index contributed by atoms with van der Waals surface area (Å²) in [7, 11) is 0. The summed E-state index contributed by atoms with van der Waals surface area (Å²) in [6.07, 6.45) is 1.66. The van der Waals surface area contributed by atoms with E-state index in [0.717, 1.165) is 27.5 Å². The first-order chi connectivity index (χ1) is 8.63. The van der Waals surface area contributed by atoms with Crippen molar-refractivity contribution in [3.8, 4) is 0 Å².